The topological polar surface area (TPSA) is 138 Å². The quantitative estimate of drug-likeness (QED) is 0.0282. The van der Waals surface area contributed by atoms with Crippen LogP contribution in [0.25, 0.3) is 0 Å². The van der Waals surface area contributed by atoms with Gasteiger partial charge in [-0.05, 0) is 0 Å². The molecule has 0 heterocycles. The molecule has 0 atom stereocenters. The van der Waals surface area contributed by atoms with E-state index in [0.717, 1.165) is 10.8 Å². The van der Waals surface area contributed by atoms with E-state index in [-0.39, 0.29) is 48.6 Å². The molecule has 0 rings (SSSR count). The van der Waals surface area contributed by atoms with Gasteiger partial charge >= 0.3 is 17.9 Å². The first-order chi connectivity index (χ1) is 19.1. The number of rotatable bonds is 30. The van der Waals surface area contributed by atoms with Crippen molar-refractivity contribution in [2.24, 2.45) is 0 Å². The lowest BCUT2D eigenvalue weighted by Crippen LogP contribution is -2.11. The molecule has 0 unspecified atom stereocenters. The molecule has 2 N–H and O–H groups in total. The van der Waals surface area contributed by atoms with E-state index in [1.807, 2.05) is 0 Å². The fourth-order valence-corrected chi connectivity index (χ4v) is 7.68. The van der Waals surface area contributed by atoms with Gasteiger partial charge in [0, 0.05) is 44.0 Å². The van der Waals surface area contributed by atoms with Crippen molar-refractivity contribution in [3.05, 3.63) is 0 Å². The van der Waals surface area contributed by atoms with E-state index in [9.17, 15) is 14.4 Å². The Morgan fingerprint density at radius 3 is 1.49 bits per heavy atom. The van der Waals surface area contributed by atoms with Crippen LogP contribution in [-0.2, 0) is 38.4 Å². The molecule has 0 aliphatic carbocycles. The number of hydrogen-bond acceptors (Lipinski definition) is 18. The average Bonchev–Trinajstić information content (AvgIpc) is 2.92. The monoisotopic (exact) mass is 706 g/mol. The molecule has 230 valence electrons. The maximum atomic E-state index is 11.7. The van der Waals surface area contributed by atoms with Crippen LogP contribution in [0.5, 0.6) is 0 Å². The van der Waals surface area contributed by atoms with Crippen LogP contribution in [0.1, 0.15) is 0 Å². The molecule has 39 heavy (non-hydrogen) atoms. The van der Waals surface area contributed by atoms with Gasteiger partial charge in [-0.2, -0.15) is 23.5 Å². The SMILES string of the molecule is O=C(CSCSCCOOCSCSCOC(=O)CSCSCC(=O)OCCSCCO)OCCSCCO. The van der Waals surface area contributed by atoms with Crippen LogP contribution in [0.3, 0.4) is 0 Å². The average molecular weight is 707 g/mol. The lowest BCUT2D eigenvalue weighted by Gasteiger charge is -2.06. The van der Waals surface area contributed by atoms with Crippen LogP contribution in [-0.4, -0.2) is 134 Å². The lowest BCUT2D eigenvalue weighted by atomic mass is 10.8. The predicted molar refractivity (Wildman–Crippen MR) is 173 cm³/mol. The highest BCUT2D eigenvalue weighted by Gasteiger charge is 2.06. The van der Waals surface area contributed by atoms with Gasteiger partial charge in [-0.25, -0.2) is 9.78 Å². The summed E-state index contributed by atoms with van der Waals surface area (Å²) in [6, 6.07) is 0. The van der Waals surface area contributed by atoms with Crippen molar-refractivity contribution in [1.29, 1.82) is 0 Å². The zero-order chi connectivity index (χ0) is 28.7. The van der Waals surface area contributed by atoms with Gasteiger partial charge in [-0.15, -0.1) is 70.6 Å². The lowest BCUT2D eigenvalue weighted by molar-refractivity contribution is -0.274. The van der Waals surface area contributed by atoms with Crippen LogP contribution in [0.15, 0.2) is 0 Å². The molecule has 0 saturated carbocycles. The van der Waals surface area contributed by atoms with Crippen LogP contribution >= 0.6 is 94.1 Å². The van der Waals surface area contributed by atoms with E-state index in [1.54, 1.807) is 23.5 Å². The first-order valence-electron chi connectivity index (χ1n) is 11.6. The normalized spacial score (nSPS) is 10.9. The number of ether oxygens (including phenoxy) is 3. The van der Waals surface area contributed by atoms with E-state index >= 15 is 0 Å². The number of esters is 3. The Morgan fingerprint density at radius 1 is 0.462 bits per heavy atom. The van der Waals surface area contributed by atoms with Gasteiger partial charge in [0.1, 0.15) is 25.1 Å². The Bertz CT molecular complexity index is 595. The minimum Gasteiger partial charge on any atom is -0.464 e. The van der Waals surface area contributed by atoms with Gasteiger partial charge in [-0.3, -0.25) is 14.4 Å². The summed E-state index contributed by atoms with van der Waals surface area (Å²) in [5.41, 5.74) is 0. The summed E-state index contributed by atoms with van der Waals surface area (Å²) in [4.78, 5) is 45.0. The van der Waals surface area contributed by atoms with E-state index < -0.39 is 0 Å². The van der Waals surface area contributed by atoms with Gasteiger partial charge in [-0.1, -0.05) is 0 Å². The summed E-state index contributed by atoms with van der Waals surface area (Å²) in [5.74, 6) is 4.07. The third-order valence-corrected chi connectivity index (χ3v) is 11.6. The van der Waals surface area contributed by atoms with Crippen molar-refractivity contribution in [1.82, 2.24) is 0 Å². The Hall–Kier alpha value is 1.05. The Morgan fingerprint density at radius 2 is 0.923 bits per heavy atom. The molecule has 0 aromatic carbocycles. The Balaban J connectivity index is 3.28. The Labute approximate surface area is 265 Å². The molecule has 0 saturated heterocycles. The van der Waals surface area contributed by atoms with Crippen molar-refractivity contribution >= 4 is 112 Å². The van der Waals surface area contributed by atoms with Gasteiger partial charge < -0.3 is 24.4 Å². The third-order valence-electron chi connectivity index (χ3n) is 3.44. The summed E-state index contributed by atoms with van der Waals surface area (Å²) in [6.45, 7) is 1.42. The summed E-state index contributed by atoms with van der Waals surface area (Å²) in [5, 5.41) is 19.4. The molecule has 0 fully saturated rings. The molecule has 0 bridgehead atoms. The molecule has 0 aliphatic rings. The second kappa shape index (κ2) is 33.6. The minimum atomic E-state index is -0.290. The molecule has 0 aliphatic heterocycles. The van der Waals surface area contributed by atoms with E-state index in [1.165, 1.54) is 70.6 Å². The summed E-state index contributed by atoms with van der Waals surface area (Å²) >= 11 is 12.0. The molecule has 0 radical (unpaired) electrons. The molecule has 0 amide bonds. The number of aliphatic hydroxyl groups excluding tert-OH is 2. The number of hydrogen-bond donors (Lipinski definition) is 2. The summed E-state index contributed by atoms with van der Waals surface area (Å²) in [6.07, 6.45) is 0. The van der Waals surface area contributed by atoms with E-state index in [2.05, 4.69) is 0 Å². The van der Waals surface area contributed by atoms with Gasteiger partial charge in [0.05, 0.1) is 37.1 Å². The smallest absolute Gasteiger partial charge is 0.316 e. The zero-order valence-electron chi connectivity index (χ0n) is 21.7. The molecule has 0 aromatic rings. The second-order valence-corrected chi connectivity index (χ2v) is 16.0. The highest BCUT2D eigenvalue weighted by molar-refractivity contribution is 8.17. The largest absolute Gasteiger partial charge is 0.464 e. The van der Waals surface area contributed by atoms with Gasteiger partial charge in [0.2, 0.25) is 0 Å². The fraction of sp³-hybridized carbons (Fsp3) is 0.857. The highest BCUT2D eigenvalue weighted by atomic mass is 32.2. The first-order valence-corrected chi connectivity index (χ1v) is 20.9. The van der Waals surface area contributed by atoms with Gasteiger partial charge in [0.25, 0.3) is 0 Å². The minimum absolute atomic E-state index is 0.121. The maximum Gasteiger partial charge on any atom is 0.316 e. The van der Waals surface area contributed by atoms with Crippen LogP contribution in [0.2, 0.25) is 0 Å². The van der Waals surface area contributed by atoms with Crippen molar-refractivity contribution in [3.63, 3.8) is 0 Å². The number of thioether (sulfide) groups is 8. The molecular formula is C21H38O10S8. The number of carbonyl (C=O) groups excluding carboxylic acids is 3. The van der Waals surface area contributed by atoms with Crippen molar-refractivity contribution in [2.45, 2.75) is 0 Å². The predicted octanol–water partition coefficient (Wildman–Crippen LogP) is 3.20. The molecule has 10 nitrogen and oxygen atoms in total. The molecule has 0 spiro atoms. The summed E-state index contributed by atoms with van der Waals surface area (Å²) < 4.78 is 15.3. The van der Waals surface area contributed by atoms with Crippen LogP contribution in [0.4, 0.5) is 0 Å². The fourth-order valence-electron chi connectivity index (χ4n) is 1.89. The number of carbonyl (C=O) groups is 3. The van der Waals surface area contributed by atoms with Crippen molar-refractivity contribution < 1.29 is 48.6 Å². The van der Waals surface area contributed by atoms with Gasteiger partial charge in [0.15, 0.2) is 0 Å². The summed E-state index contributed by atoms with van der Waals surface area (Å²) in [7, 11) is 0. The molecule has 18 heteroatoms. The number of aliphatic hydroxyl groups is 2. The van der Waals surface area contributed by atoms with Crippen molar-refractivity contribution in [2.75, 3.05) is 106 Å². The van der Waals surface area contributed by atoms with E-state index in [0.29, 0.717) is 64.7 Å². The first kappa shape index (κ1) is 40.1. The van der Waals surface area contributed by atoms with Crippen LogP contribution in [0, 0.1) is 0 Å². The van der Waals surface area contributed by atoms with Crippen molar-refractivity contribution in [3.8, 4) is 0 Å². The molecule has 0 aromatic heterocycles. The van der Waals surface area contributed by atoms with E-state index in [4.69, 9.17) is 34.2 Å². The Kier molecular flexibility index (Phi) is 34.5. The maximum absolute atomic E-state index is 11.7. The third kappa shape index (κ3) is 33.4. The zero-order valence-corrected chi connectivity index (χ0v) is 28.2. The second-order valence-electron chi connectivity index (χ2n) is 6.52. The van der Waals surface area contributed by atoms with Crippen LogP contribution < -0.4 is 0 Å². The standard InChI is InChI=1S/C21H38O10S8/c22-1-6-32-8-3-27-19(24)11-35-16-34-10-5-30-31-15-39-18-38-14-29-21(26)13-37-17-36-12-20(25)28-4-9-33-7-2-23/h22-23H,1-18H2. The highest BCUT2D eigenvalue weighted by Crippen LogP contribution is 2.16. The molecular weight excluding hydrogens is 669 g/mol.